The molecule has 1 N–H and O–H groups in total. The van der Waals surface area contributed by atoms with E-state index >= 15 is 0 Å². The number of aromatic nitrogens is 2. The Kier molecular flexibility index (Phi) is 5.98. The Morgan fingerprint density at radius 1 is 0.943 bits per heavy atom. The highest BCUT2D eigenvalue weighted by atomic mass is 16.5. The number of anilines is 1. The molecule has 0 saturated carbocycles. The average Bonchev–Trinajstić information content (AvgIpc) is 2.91. The maximum atomic E-state index is 13.6. The van der Waals surface area contributed by atoms with Gasteiger partial charge in [0.15, 0.2) is 0 Å². The number of aliphatic hydroxyl groups excluding tert-OH is 1. The molecule has 7 nitrogen and oxygen atoms in total. The lowest BCUT2D eigenvalue weighted by Gasteiger charge is -2.29. The van der Waals surface area contributed by atoms with E-state index in [4.69, 9.17) is 9.47 Å². The Balaban J connectivity index is 1.40. The second-order valence-electron chi connectivity index (χ2n) is 9.38. The highest BCUT2D eigenvalue weighted by Gasteiger charge is 2.27. The molecule has 1 aromatic heterocycles. The van der Waals surface area contributed by atoms with Crippen molar-refractivity contribution in [3.63, 3.8) is 0 Å². The van der Waals surface area contributed by atoms with E-state index in [9.17, 15) is 9.90 Å². The van der Waals surface area contributed by atoms with Crippen LogP contribution in [0.25, 0.3) is 21.7 Å². The lowest BCUT2D eigenvalue weighted by atomic mass is 9.95. The molecule has 7 heteroatoms. The first kappa shape index (κ1) is 22.2. The van der Waals surface area contributed by atoms with Crippen LogP contribution in [0.3, 0.4) is 0 Å². The van der Waals surface area contributed by atoms with Gasteiger partial charge in [-0.25, -0.2) is 4.98 Å². The molecular formula is C28H29N3O4. The van der Waals surface area contributed by atoms with E-state index in [0.29, 0.717) is 30.4 Å². The van der Waals surface area contributed by atoms with Crippen molar-refractivity contribution in [1.29, 1.82) is 0 Å². The number of benzene rings is 3. The van der Waals surface area contributed by atoms with E-state index in [1.807, 2.05) is 24.3 Å². The van der Waals surface area contributed by atoms with Crippen molar-refractivity contribution in [2.45, 2.75) is 25.0 Å². The zero-order valence-corrected chi connectivity index (χ0v) is 19.6. The molecule has 6 rings (SSSR count). The second-order valence-corrected chi connectivity index (χ2v) is 9.38. The van der Waals surface area contributed by atoms with Gasteiger partial charge in [0.25, 0.3) is 5.56 Å². The van der Waals surface area contributed by atoms with E-state index in [1.165, 1.54) is 11.3 Å². The molecule has 0 bridgehead atoms. The summed E-state index contributed by atoms with van der Waals surface area (Å²) < 4.78 is 12.4. The molecular weight excluding hydrogens is 442 g/mol. The van der Waals surface area contributed by atoms with Crippen molar-refractivity contribution in [3.8, 4) is 0 Å². The van der Waals surface area contributed by atoms with Gasteiger partial charge in [0.2, 0.25) is 0 Å². The molecule has 0 amide bonds. The smallest absolute Gasteiger partial charge is 0.261 e. The van der Waals surface area contributed by atoms with Crippen LogP contribution >= 0.6 is 0 Å². The van der Waals surface area contributed by atoms with Gasteiger partial charge in [-0.1, -0.05) is 36.4 Å². The molecule has 3 aromatic carbocycles. The van der Waals surface area contributed by atoms with Crippen LogP contribution in [0.5, 0.6) is 0 Å². The van der Waals surface area contributed by atoms with E-state index in [0.717, 1.165) is 42.6 Å². The molecule has 180 valence electrons. The van der Waals surface area contributed by atoms with E-state index < -0.39 is 6.10 Å². The van der Waals surface area contributed by atoms with Gasteiger partial charge in [0, 0.05) is 30.8 Å². The molecule has 0 aliphatic carbocycles. The summed E-state index contributed by atoms with van der Waals surface area (Å²) in [6, 6.07) is 18.5. The van der Waals surface area contributed by atoms with Crippen LogP contribution < -0.4 is 10.5 Å². The van der Waals surface area contributed by atoms with Crippen molar-refractivity contribution >= 4 is 27.4 Å². The summed E-state index contributed by atoms with van der Waals surface area (Å²) >= 11 is 0. The van der Waals surface area contributed by atoms with E-state index in [-0.39, 0.29) is 18.2 Å². The van der Waals surface area contributed by atoms with Gasteiger partial charge in [-0.15, -0.1) is 0 Å². The first-order chi connectivity index (χ1) is 17.2. The Morgan fingerprint density at radius 3 is 2.49 bits per heavy atom. The predicted molar refractivity (Wildman–Crippen MR) is 136 cm³/mol. The normalized spacial score (nSPS) is 21.0. The van der Waals surface area contributed by atoms with Crippen LogP contribution in [0.15, 0.2) is 65.7 Å². The van der Waals surface area contributed by atoms with Gasteiger partial charge in [0.05, 0.1) is 49.2 Å². The lowest BCUT2D eigenvalue weighted by molar-refractivity contribution is -0.0395. The van der Waals surface area contributed by atoms with Crippen LogP contribution in [0.4, 0.5) is 5.69 Å². The minimum absolute atomic E-state index is 0.115. The van der Waals surface area contributed by atoms with Crippen LogP contribution in [0.1, 0.15) is 23.6 Å². The molecule has 3 heterocycles. The fourth-order valence-corrected chi connectivity index (χ4v) is 5.33. The minimum Gasteiger partial charge on any atom is -0.389 e. The van der Waals surface area contributed by atoms with E-state index in [2.05, 4.69) is 40.2 Å². The fraction of sp³-hybridized carbons (Fsp3) is 0.357. The van der Waals surface area contributed by atoms with Crippen molar-refractivity contribution in [2.75, 3.05) is 44.4 Å². The van der Waals surface area contributed by atoms with Crippen molar-refractivity contribution in [1.82, 2.24) is 9.55 Å². The van der Waals surface area contributed by atoms with Gasteiger partial charge in [-0.05, 0) is 47.6 Å². The Labute approximate surface area is 203 Å². The van der Waals surface area contributed by atoms with Crippen molar-refractivity contribution in [3.05, 3.63) is 82.4 Å². The highest BCUT2D eigenvalue weighted by molar-refractivity contribution is 6.06. The quantitative estimate of drug-likeness (QED) is 0.461. The van der Waals surface area contributed by atoms with Crippen LogP contribution in [0.2, 0.25) is 0 Å². The summed E-state index contributed by atoms with van der Waals surface area (Å²) in [6.07, 6.45) is 2.17. The topological polar surface area (TPSA) is 76.8 Å². The van der Waals surface area contributed by atoms with Crippen LogP contribution in [0, 0.1) is 0 Å². The van der Waals surface area contributed by atoms with Crippen LogP contribution in [-0.2, 0) is 15.9 Å². The number of morpholine rings is 1. The third-order valence-corrected chi connectivity index (χ3v) is 7.23. The first-order valence-electron chi connectivity index (χ1n) is 12.3. The number of nitrogens with zero attached hydrogens (tertiary/aromatic N) is 3. The molecule has 2 atom stereocenters. The summed E-state index contributed by atoms with van der Waals surface area (Å²) in [5, 5.41) is 13.1. The Hall–Kier alpha value is -3.26. The predicted octanol–water partition coefficient (Wildman–Crippen LogP) is 3.30. The van der Waals surface area contributed by atoms with Gasteiger partial charge < -0.3 is 19.5 Å². The number of hydrogen-bond acceptors (Lipinski definition) is 6. The highest BCUT2D eigenvalue weighted by Crippen LogP contribution is 2.29. The Bertz CT molecular complexity index is 1410. The summed E-state index contributed by atoms with van der Waals surface area (Å²) in [5.74, 6) is 0. The maximum absolute atomic E-state index is 13.6. The van der Waals surface area contributed by atoms with E-state index in [1.54, 1.807) is 10.9 Å². The SMILES string of the molecule is O=c1c2cc(Cc3ccc(N4CCOCC4)cc3)c3ccccc3c2ncn1[C@H]1CCOC[C@@H]1O. The lowest BCUT2D eigenvalue weighted by Crippen LogP contribution is -2.39. The monoisotopic (exact) mass is 471 g/mol. The van der Waals surface area contributed by atoms with Gasteiger partial charge in [-0.2, -0.15) is 0 Å². The largest absolute Gasteiger partial charge is 0.389 e. The molecule has 0 radical (unpaired) electrons. The maximum Gasteiger partial charge on any atom is 0.261 e. The fourth-order valence-electron chi connectivity index (χ4n) is 5.33. The van der Waals surface area contributed by atoms with Crippen molar-refractivity contribution in [2.24, 2.45) is 0 Å². The summed E-state index contributed by atoms with van der Waals surface area (Å²) in [5.41, 5.74) is 4.08. The van der Waals surface area contributed by atoms with Gasteiger partial charge >= 0.3 is 0 Å². The second kappa shape index (κ2) is 9.41. The zero-order chi connectivity index (χ0) is 23.8. The number of rotatable bonds is 4. The molecule has 4 aromatic rings. The molecule has 0 unspecified atom stereocenters. The Morgan fingerprint density at radius 2 is 1.71 bits per heavy atom. The number of aliphatic hydroxyl groups is 1. The molecule has 2 saturated heterocycles. The average molecular weight is 472 g/mol. The third kappa shape index (κ3) is 4.20. The summed E-state index contributed by atoms with van der Waals surface area (Å²) in [6.45, 7) is 4.11. The number of ether oxygens (including phenoxy) is 2. The minimum atomic E-state index is -0.717. The van der Waals surface area contributed by atoms with Crippen LogP contribution in [-0.4, -0.2) is 60.3 Å². The first-order valence-corrected chi connectivity index (χ1v) is 12.3. The molecule has 0 spiro atoms. The number of hydrogen-bond donors (Lipinski definition) is 1. The van der Waals surface area contributed by atoms with Gasteiger partial charge in [0.1, 0.15) is 0 Å². The molecule has 35 heavy (non-hydrogen) atoms. The van der Waals surface area contributed by atoms with Gasteiger partial charge in [-0.3, -0.25) is 9.36 Å². The standard InChI is InChI=1S/C28H29N3O4/c32-26-17-35-12-9-25(26)31-18-29-27-23-4-2-1-3-22(23)20(16-24(27)28(31)33)15-19-5-7-21(8-6-19)30-10-13-34-14-11-30/h1-8,16,18,25-26,32H,9-15,17H2/t25-,26-/m0/s1. The van der Waals surface area contributed by atoms with Crippen molar-refractivity contribution < 1.29 is 14.6 Å². The summed E-state index contributed by atoms with van der Waals surface area (Å²) in [4.78, 5) is 20.6. The third-order valence-electron chi connectivity index (χ3n) is 7.23. The number of fused-ring (bicyclic) bond motifs is 3. The zero-order valence-electron chi connectivity index (χ0n) is 19.6. The molecule has 2 fully saturated rings. The summed E-state index contributed by atoms with van der Waals surface area (Å²) in [7, 11) is 0. The molecule has 2 aliphatic heterocycles. The molecule has 2 aliphatic rings.